The van der Waals surface area contributed by atoms with E-state index >= 15 is 0 Å². The molecule has 0 aliphatic carbocycles. The van der Waals surface area contributed by atoms with Crippen LogP contribution in [0.25, 0.3) is 0 Å². The van der Waals surface area contributed by atoms with Crippen molar-refractivity contribution < 1.29 is 24.5 Å². The highest BCUT2D eigenvalue weighted by Gasteiger charge is 2.13. The van der Waals surface area contributed by atoms with Crippen LogP contribution in [-0.2, 0) is 16.1 Å². The summed E-state index contributed by atoms with van der Waals surface area (Å²) in [4.78, 5) is 22.1. The second-order valence-electron chi connectivity index (χ2n) is 4.03. The fourth-order valence-corrected chi connectivity index (χ4v) is 1.47. The van der Waals surface area contributed by atoms with E-state index in [1.807, 2.05) is 0 Å². The molecule has 0 aliphatic heterocycles. The van der Waals surface area contributed by atoms with E-state index in [9.17, 15) is 9.59 Å². The van der Waals surface area contributed by atoms with Crippen molar-refractivity contribution in [3.63, 3.8) is 0 Å². The average Bonchev–Trinajstić information content (AvgIpc) is 2.39. The van der Waals surface area contributed by atoms with Gasteiger partial charge in [-0.25, -0.2) is 4.79 Å². The third kappa shape index (κ3) is 5.07. The van der Waals surface area contributed by atoms with Crippen LogP contribution >= 0.6 is 0 Å². The lowest BCUT2D eigenvalue weighted by Gasteiger charge is -2.08. The molecular weight excluding hydrogens is 250 g/mol. The maximum absolute atomic E-state index is 11.7. The smallest absolute Gasteiger partial charge is 0.332 e. The molecule has 0 saturated heterocycles. The Morgan fingerprint density at radius 1 is 1.32 bits per heavy atom. The first kappa shape index (κ1) is 15.1. The third-order valence-electron chi connectivity index (χ3n) is 2.52. The van der Waals surface area contributed by atoms with Gasteiger partial charge in [-0.05, 0) is 17.7 Å². The zero-order chi connectivity index (χ0) is 14.3. The van der Waals surface area contributed by atoms with Crippen LogP contribution in [0.2, 0.25) is 0 Å². The second kappa shape index (κ2) is 7.50. The predicted molar refractivity (Wildman–Crippen MR) is 67.7 cm³/mol. The molecule has 1 amide bonds. The van der Waals surface area contributed by atoms with Gasteiger partial charge in [-0.2, -0.15) is 0 Å². The molecule has 6 heteroatoms. The van der Waals surface area contributed by atoms with Gasteiger partial charge in [-0.15, -0.1) is 0 Å². The van der Waals surface area contributed by atoms with Crippen LogP contribution in [0.3, 0.4) is 0 Å². The summed E-state index contributed by atoms with van der Waals surface area (Å²) in [6, 6.07) is 6.89. The first-order chi connectivity index (χ1) is 9.04. The maximum atomic E-state index is 11.7. The SMILES string of the molecule is COCc1ccc(C(=O)NCC[C@H](O)C(=O)O)cc1. The highest BCUT2D eigenvalue weighted by molar-refractivity contribution is 5.94. The number of rotatable bonds is 7. The van der Waals surface area contributed by atoms with Crippen LogP contribution in [0.1, 0.15) is 22.3 Å². The molecule has 104 valence electrons. The van der Waals surface area contributed by atoms with E-state index in [1.54, 1.807) is 31.4 Å². The first-order valence-corrected chi connectivity index (χ1v) is 5.81. The number of benzene rings is 1. The molecular formula is C13H17NO5. The molecule has 0 aromatic heterocycles. The summed E-state index contributed by atoms with van der Waals surface area (Å²) in [7, 11) is 1.59. The molecule has 0 radical (unpaired) electrons. The van der Waals surface area contributed by atoms with E-state index in [4.69, 9.17) is 14.9 Å². The fraction of sp³-hybridized carbons (Fsp3) is 0.385. The standard InChI is InChI=1S/C13H17NO5/c1-19-8-9-2-4-10(5-3-9)12(16)14-7-6-11(15)13(17)18/h2-5,11,15H,6-8H2,1H3,(H,14,16)(H,17,18)/t11-/m0/s1. The topological polar surface area (TPSA) is 95.9 Å². The monoisotopic (exact) mass is 267 g/mol. The number of carbonyl (C=O) groups is 2. The molecule has 1 aromatic carbocycles. The molecule has 0 bridgehead atoms. The Kier molecular flexibility index (Phi) is 5.98. The van der Waals surface area contributed by atoms with Gasteiger partial charge in [-0.1, -0.05) is 12.1 Å². The zero-order valence-corrected chi connectivity index (χ0v) is 10.6. The van der Waals surface area contributed by atoms with Crippen molar-refractivity contribution in [3.8, 4) is 0 Å². The van der Waals surface area contributed by atoms with Crippen LogP contribution in [0, 0.1) is 0 Å². The molecule has 0 spiro atoms. The lowest BCUT2D eigenvalue weighted by Crippen LogP contribution is -2.30. The van der Waals surface area contributed by atoms with Crippen molar-refractivity contribution >= 4 is 11.9 Å². The fourth-order valence-electron chi connectivity index (χ4n) is 1.47. The summed E-state index contributed by atoms with van der Waals surface area (Å²) in [5, 5.41) is 20.1. The number of carbonyl (C=O) groups excluding carboxylic acids is 1. The lowest BCUT2D eigenvalue weighted by molar-refractivity contribution is -0.146. The predicted octanol–water partition coefficient (Wildman–Crippen LogP) is 0.398. The van der Waals surface area contributed by atoms with Crippen molar-refractivity contribution in [1.82, 2.24) is 5.32 Å². The number of hydrogen-bond acceptors (Lipinski definition) is 4. The van der Waals surface area contributed by atoms with E-state index < -0.39 is 12.1 Å². The Hall–Kier alpha value is -1.92. The number of aliphatic hydroxyl groups is 1. The second-order valence-corrected chi connectivity index (χ2v) is 4.03. The molecule has 0 aliphatic rings. The molecule has 1 aromatic rings. The van der Waals surface area contributed by atoms with Gasteiger partial charge in [0.25, 0.3) is 5.91 Å². The van der Waals surface area contributed by atoms with Crippen molar-refractivity contribution in [2.75, 3.05) is 13.7 Å². The van der Waals surface area contributed by atoms with Gasteiger partial charge in [-0.3, -0.25) is 4.79 Å². The summed E-state index contributed by atoms with van der Waals surface area (Å²) in [6.45, 7) is 0.582. The molecule has 1 atom stereocenters. The van der Waals surface area contributed by atoms with E-state index in [0.717, 1.165) is 5.56 Å². The number of ether oxygens (including phenoxy) is 1. The number of carboxylic acids is 1. The van der Waals surface area contributed by atoms with Crippen molar-refractivity contribution in [2.24, 2.45) is 0 Å². The van der Waals surface area contributed by atoms with Crippen LogP contribution < -0.4 is 5.32 Å². The number of carboxylic acid groups (broad SMARTS) is 1. The van der Waals surface area contributed by atoms with E-state index in [2.05, 4.69) is 5.32 Å². The minimum Gasteiger partial charge on any atom is -0.479 e. The van der Waals surface area contributed by atoms with Gasteiger partial charge in [0, 0.05) is 25.6 Å². The number of hydrogen-bond donors (Lipinski definition) is 3. The summed E-state index contributed by atoms with van der Waals surface area (Å²) in [5.41, 5.74) is 1.44. The average molecular weight is 267 g/mol. The van der Waals surface area contributed by atoms with Gasteiger partial charge < -0.3 is 20.3 Å². The van der Waals surface area contributed by atoms with E-state index in [0.29, 0.717) is 12.2 Å². The summed E-state index contributed by atoms with van der Waals surface area (Å²) < 4.78 is 4.96. The highest BCUT2D eigenvalue weighted by atomic mass is 16.5. The highest BCUT2D eigenvalue weighted by Crippen LogP contribution is 2.05. The summed E-state index contributed by atoms with van der Waals surface area (Å²) in [5.74, 6) is -1.60. The van der Waals surface area contributed by atoms with Crippen LogP contribution in [0.4, 0.5) is 0 Å². The summed E-state index contributed by atoms with van der Waals surface area (Å²) in [6.07, 6.45) is -1.48. The quantitative estimate of drug-likeness (QED) is 0.664. The zero-order valence-electron chi connectivity index (χ0n) is 10.6. The Labute approximate surface area is 111 Å². The molecule has 0 fully saturated rings. The number of aliphatic carboxylic acids is 1. The molecule has 3 N–H and O–H groups in total. The van der Waals surface area contributed by atoms with Gasteiger partial charge >= 0.3 is 5.97 Å². The lowest BCUT2D eigenvalue weighted by atomic mass is 10.1. The van der Waals surface area contributed by atoms with Crippen LogP contribution in [0.5, 0.6) is 0 Å². The Morgan fingerprint density at radius 3 is 2.47 bits per heavy atom. The largest absolute Gasteiger partial charge is 0.479 e. The van der Waals surface area contributed by atoms with Crippen LogP contribution in [0.15, 0.2) is 24.3 Å². The minimum atomic E-state index is -1.45. The number of amides is 1. The third-order valence-corrected chi connectivity index (χ3v) is 2.52. The van der Waals surface area contributed by atoms with Gasteiger partial charge in [0.15, 0.2) is 6.10 Å². The molecule has 0 saturated carbocycles. The number of aliphatic hydroxyl groups excluding tert-OH is 1. The summed E-state index contributed by atoms with van der Waals surface area (Å²) >= 11 is 0. The Bertz CT molecular complexity index is 429. The Morgan fingerprint density at radius 2 is 1.95 bits per heavy atom. The number of nitrogens with one attached hydrogen (secondary N) is 1. The van der Waals surface area contributed by atoms with Crippen molar-refractivity contribution in [2.45, 2.75) is 19.1 Å². The normalized spacial score (nSPS) is 11.9. The molecule has 1 rings (SSSR count). The molecule has 6 nitrogen and oxygen atoms in total. The van der Waals surface area contributed by atoms with Crippen LogP contribution in [-0.4, -0.2) is 41.8 Å². The minimum absolute atomic E-state index is 0.0250. The van der Waals surface area contributed by atoms with Gasteiger partial charge in [0.2, 0.25) is 0 Å². The first-order valence-electron chi connectivity index (χ1n) is 5.81. The van der Waals surface area contributed by atoms with E-state index in [1.165, 1.54) is 0 Å². The molecule has 0 heterocycles. The van der Waals surface area contributed by atoms with Crippen molar-refractivity contribution in [3.05, 3.63) is 35.4 Å². The van der Waals surface area contributed by atoms with Crippen molar-refractivity contribution in [1.29, 1.82) is 0 Å². The number of methoxy groups -OCH3 is 1. The maximum Gasteiger partial charge on any atom is 0.332 e. The molecule has 19 heavy (non-hydrogen) atoms. The van der Waals surface area contributed by atoms with Gasteiger partial charge in [0.1, 0.15) is 0 Å². The van der Waals surface area contributed by atoms with E-state index in [-0.39, 0.29) is 18.9 Å². The molecule has 0 unspecified atom stereocenters. The Balaban J connectivity index is 2.43. The van der Waals surface area contributed by atoms with Gasteiger partial charge in [0.05, 0.1) is 6.61 Å².